The first kappa shape index (κ1) is 19.6. The highest BCUT2D eigenvalue weighted by atomic mass is 32.1. The van der Waals surface area contributed by atoms with E-state index in [4.69, 9.17) is 15.0 Å². The molecular weight excluding hydrogens is 394 g/mol. The monoisotopic (exact) mass is 413 g/mol. The maximum Gasteiger partial charge on any atom is 0.274 e. The number of anilines is 2. The van der Waals surface area contributed by atoms with Crippen LogP contribution < -0.4 is 9.64 Å². The van der Waals surface area contributed by atoms with E-state index < -0.39 is 6.10 Å². The molecule has 1 unspecified atom stereocenters. The predicted molar refractivity (Wildman–Crippen MR) is 119 cm³/mol. The fourth-order valence-corrected chi connectivity index (χ4v) is 4.12. The van der Waals surface area contributed by atoms with Gasteiger partial charge in [0.1, 0.15) is 5.75 Å². The van der Waals surface area contributed by atoms with Crippen molar-refractivity contribution in [2.24, 2.45) is 0 Å². The van der Waals surface area contributed by atoms with Gasteiger partial charge in [-0.05, 0) is 61.9 Å². The van der Waals surface area contributed by atoms with Crippen LogP contribution in [-0.4, -0.2) is 17.0 Å². The molecule has 0 aliphatic carbocycles. The number of thiazole rings is 1. The van der Waals surface area contributed by atoms with Gasteiger partial charge in [0, 0.05) is 0 Å². The summed E-state index contributed by atoms with van der Waals surface area (Å²) >= 11 is 1.47. The number of benzene rings is 3. The largest absolute Gasteiger partial charge is 0.481 e. The number of aryl methyl sites for hydroxylation is 1. The normalized spacial score (nSPS) is 11.6. The van der Waals surface area contributed by atoms with Crippen molar-refractivity contribution in [1.29, 1.82) is 5.26 Å². The summed E-state index contributed by atoms with van der Waals surface area (Å²) in [5.74, 6) is 0.316. The number of nitriles is 1. The zero-order valence-electron chi connectivity index (χ0n) is 16.6. The Balaban J connectivity index is 1.70. The van der Waals surface area contributed by atoms with E-state index in [9.17, 15) is 4.79 Å². The summed E-state index contributed by atoms with van der Waals surface area (Å²) in [5.41, 5.74) is 3.13. The molecule has 0 N–H and O–H groups in total. The SMILES string of the molecule is Cc1ccccc1N(C(=O)C(C)Oc1ccc(C#N)cc1)c1nc2ccccc2s1. The molecule has 6 heteroatoms. The van der Waals surface area contributed by atoms with E-state index in [0.717, 1.165) is 21.5 Å². The standard InChI is InChI=1S/C24H19N3O2S/c1-16-7-3-5-9-21(16)27(24-26-20-8-4-6-10-22(20)30-24)23(28)17(2)29-19-13-11-18(15-25)12-14-19/h3-14,17H,1-2H3. The Morgan fingerprint density at radius 3 is 2.47 bits per heavy atom. The fraction of sp³-hybridized carbons (Fsp3) is 0.125. The number of carbonyl (C=O) groups excluding carboxylic acids is 1. The van der Waals surface area contributed by atoms with Gasteiger partial charge in [-0.25, -0.2) is 4.98 Å². The van der Waals surface area contributed by atoms with Crippen molar-refractivity contribution in [1.82, 2.24) is 4.98 Å². The number of rotatable bonds is 5. The molecule has 1 atom stereocenters. The van der Waals surface area contributed by atoms with E-state index in [2.05, 4.69) is 6.07 Å². The van der Waals surface area contributed by atoms with Crippen LogP contribution in [0.4, 0.5) is 10.8 Å². The van der Waals surface area contributed by atoms with Gasteiger partial charge in [0.25, 0.3) is 5.91 Å². The van der Waals surface area contributed by atoms with Crippen LogP contribution in [-0.2, 0) is 4.79 Å². The van der Waals surface area contributed by atoms with Crippen molar-refractivity contribution < 1.29 is 9.53 Å². The molecule has 4 aromatic rings. The minimum atomic E-state index is -0.746. The van der Waals surface area contributed by atoms with Gasteiger partial charge in [-0.15, -0.1) is 0 Å². The number of para-hydroxylation sites is 2. The topological polar surface area (TPSA) is 66.2 Å². The molecule has 3 aromatic carbocycles. The molecule has 1 amide bonds. The zero-order valence-corrected chi connectivity index (χ0v) is 17.4. The summed E-state index contributed by atoms with van der Waals surface area (Å²) in [7, 11) is 0. The van der Waals surface area contributed by atoms with Crippen LogP contribution >= 0.6 is 11.3 Å². The van der Waals surface area contributed by atoms with E-state index in [0.29, 0.717) is 16.4 Å². The van der Waals surface area contributed by atoms with Crippen LogP contribution in [0.25, 0.3) is 10.2 Å². The molecule has 0 bridgehead atoms. The van der Waals surface area contributed by atoms with Crippen molar-refractivity contribution in [2.45, 2.75) is 20.0 Å². The van der Waals surface area contributed by atoms with Crippen LogP contribution in [0.3, 0.4) is 0 Å². The fourth-order valence-electron chi connectivity index (χ4n) is 3.13. The first-order valence-corrected chi connectivity index (χ1v) is 10.3. The van der Waals surface area contributed by atoms with Crippen molar-refractivity contribution in [3.63, 3.8) is 0 Å². The lowest BCUT2D eigenvalue weighted by Gasteiger charge is -2.25. The highest BCUT2D eigenvalue weighted by Crippen LogP contribution is 2.35. The summed E-state index contributed by atoms with van der Waals surface area (Å²) in [6, 6.07) is 24.3. The third-order valence-electron chi connectivity index (χ3n) is 4.69. The maximum absolute atomic E-state index is 13.5. The van der Waals surface area contributed by atoms with E-state index in [-0.39, 0.29) is 5.91 Å². The molecule has 4 rings (SSSR count). The Kier molecular flexibility index (Phi) is 5.46. The molecule has 0 aliphatic heterocycles. The maximum atomic E-state index is 13.5. The molecule has 1 heterocycles. The number of amides is 1. The van der Waals surface area contributed by atoms with Crippen LogP contribution in [0.15, 0.2) is 72.8 Å². The van der Waals surface area contributed by atoms with Gasteiger partial charge in [0.15, 0.2) is 11.2 Å². The van der Waals surface area contributed by atoms with Crippen molar-refractivity contribution in [3.05, 3.63) is 83.9 Å². The first-order chi connectivity index (χ1) is 14.6. The van der Waals surface area contributed by atoms with Crippen molar-refractivity contribution in [2.75, 3.05) is 4.90 Å². The number of hydrogen-bond donors (Lipinski definition) is 0. The highest BCUT2D eigenvalue weighted by molar-refractivity contribution is 7.22. The number of fused-ring (bicyclic) bond motifs is 1. The van der Waals surface area contributed by atoms with Gasteiger partial charge >= 0.3 is 0 Å². The first-order valence-electron chi connectivity index (χ1n) is 9.49. The highest BCUT2D eigenvalue weighted by Gasteiger charge is 2.28. The smallest absolute Gasteiger partial charge is 0.274 e. The third kappa shape index (κ3) is 3.88. The minimum absolute atomic E-state index is 0.215. The van der Waals surface area contributed by atoms with Gasteiger partial charge in [-0.1, -0.05) is 41.7 Å². The van der Waals surface area contributed by atoms with Gasteiger partial charge < -0.3 is 4.74 Å². The molecule has 0 spiro atoms. The number of nitrogens with zero attached hydrogens (tertiary/aromatic N) is 3. The molecule has 0 saturated carbocycles. The second-order valence-electron chi connectivity index (χ2n) is 6.82. The summed E-state index contributed by atoms with van der Waals surface area (Å²) < 4.78 is 6.90. The Bertz CT molecular complexity index is 1210. The van der Waals surface area contributed by atoms with Gasteiger partial charge in [0.05, 0.1) is 27.5 Å². The third-order valence-corrected chi connectivity index (χ3v) is 5.72. The average Bonchev–Trinajstić information content (AvgIpc) is 3.19. The molecule has 0 fully saturated rings. The Morgan fingerprint density at radius 1 is 1.07 bits per heavy atom. The summed E-state index contributed by atoms with van der Waals surface area (Å²) in [6.07, 6.45) is -0.746. The number of hydrogen-bond acceptors (Lipinski definition) is 5. The number of carbonyl (C=O) groups is 1. The zero-order chi connectivity index (χ0) is 21.1. The Hall–Kier alpha value is -3.69. The molecule has 5 nitrogen and oxygen atoms in total. The minimum Gasteiger partial charge on any atom is -0.481 e. The lowest BCUT2D eigenvalue weighted by Crippen LogP contribution is -2.38. The second kappa shape index (κ2) is 8.36. The average molecular weight is 414 g/mol. The van der Waals surface area contributed by atoms with Gasteiger partial charge in [-0.3, -0.25) is 9.69 Å². The second-order valence-corrected chi connectivity index (χ2v) is 7.83. The quantitative estimate of drug-likeness (QED) is 0.427. The van der Waals surface area contributed by atoms with Crippen LogP contribution in [0, 0.1) is 18.3 Å². The van der Waals surface area contributed by atoms with Crippen LogP contribution in [0.1, 0.15) is 18.1 Å². The Morgan fingerprint density at radius 2 is 1.77 bits per heavy atom. The lowest BCUT2D eigenvalue weighted by atomic mass is 10.1. The molecule has 0 aliphatic rings. The lowest BCUT2D eigenvalue weighted by molar-refractivity contribution is -0.123. The molecule has 0 radical (unpaired) electrons. The number of aromatic nitrogens is 1. The number of ether oxygens (including phenoxy) is 1. The van der Waals surface area contributed by atoms with Crippen molar-refractivity contribution >= 4 is 38.3 Å². The summed E-state index contributed by atoms with van der Waals surface area (Å²) in [5, 5.41) is 9.55. The predicted octanol–water partition coefficient (Wildman–Crippen LogP) is 5.61. The van der Waals surface area contributed by atoms with Crippen LogP contribution in [0.5, 0.6) is 5.75 Å². The van der Waals surface area contributed by atoms with E-state index in [1.807, 2.05) is 55.5 Å². The van der Waals surface area contributed by atoms with Gasteiger partial charge in [-0.2, -0.15) is 5.26 Å². The molecule has 0 saturated heterocycles. The Labute approximate surface area is 178 Å². The molecule has 1 aromatic heterocycles. The molecule has 30 heavy (non-hydrogen) atoms. The van der Waals surface area contributed by atoms with Crippen LogP contribution in [0.2, 0.25) is 0 Å². The van der Waals surface area contributed by atoms with E-state index in [1.165, 1.54) is 11.3 Å². The molecular formula is C24H19N3O2S. The summed E-state index contributed by atoms with van der Waals surface area (Å²) in [4.78, 5) is 19.8. The van der Waals surface area contributed by atoms with Crippen molar-refractivity contribution in [3.8, 4) is 11.8 Å². The van der Waals surface area contributed by atoms with Gasteiger partial charge in [0.2, 0.25) is 0 Å². The summed E-state index contributed by atoms with van der Waals surface area (Å²) in [6.45, 7) is 3.69. The molecule has 148 valence electrons. The van der Waals surface area contributed by atoms with E-state index >= 15 is 0 Å². The van der Waals surface area contributed by atoms with E-state index in [1.54, 1.807) is 36.1 Å².